The molecule has 0 aromatic rings. The molecule has 0 aromatic heterocycles. The Morgan fingerprint density at radius 2 is 1.97 bits per heavy atom. The van der Waals surface area contributed by atoms with Crippen LogP contribution in [-0.2, 0) is 42.9 Å². The fraction of sp³-hybridized carbons (Fsp3) is 0.474. The molecule has 10 heteroatoms. The second-order valence-corrected chi connectivity index (χ2v) is 5.58. The second kappa shape index (κ2) is 12.3. The Balaban J connectivity index is 3.12. The molecule has 0 saturated heterocycles. The predicted octanol–water partition coefficient (Wildman–Crippen LogP) is -0.0231. The number of hydrogen-bond acceptors (Lipinski definition) is 9. The molecule has 10 nitrogen and oxygen atoms in total. The number of rotatable bonds is 9. The Kier molecular flexibility index (Phi) is 10.2. The fourth-order valence-electron chi connectivity index (χ4n) is 2.12. The highest BCUT2D eigenvalue weighted by Crippen LogP contribution is 2.27. The first-order valence-corrected chi connectivity index (χ1v) is 8.66. The van der Waals surface area contributed by atoms with E-state index in [-0.39, 0.29) is 31.1 Å². The van der Waals surface area contributed by atoms with Crippen LogP contribution in [0.2, 0.25) is 0 Å². The third-order valence-corrected chi connectivity index (χ3v) is 3.19. The molecule has 1 N–H and O–H groups in total. The van der Waals surface area contributed by atoms with Crippen molar-refractivity contribution < 1.29 is 42.9 Å². The van der Waals surface area contributed by atoms with Crippen molar-refractivity contribution in [3.63, 3.8) is 0 Å². The zero-order valence-electron chi connectivity index (χ0n) is 16.4. The average molecular weight is 409 g/mol. The van der Waals surface area contributed by atoms with Crippen LogP contribution in [0, 0.1) is 12.3 Å². The van der Waals surface area contributed by atoms with Gasteiger partial charge >= 0.3 is 17.9 Å². The minimum atomic E-state index is -1.28. The Hall–Kier alpha value is -3.16. The quantitative estimate of drug-likeness (QED) is 0.242. The van der Waals surface area contributed by atoms with Crippen LogP contribution < -0.4 is 5.32 Å². The summed E-state index contributed by atoms with van der Waals surface area (Å²) < 4.78 is 26.0. The monoisotopic (exact) mass is 409 g/mol. The van der Waals surface area contributed by atoms with Gasteiger partial charge in [-0.1, -0.05) is 5.92 Å². The highest BCUT2D eigenvalue weighted by atomic mass is 16.7. The van der Waals surface area contributed by atoms with E-state index in [0.29, 0.717) is 0 Å². The van der Waals surface area contributed by atoms with Gasteiger partial charge in [0, 0.05) is 19.9 Å². The van der Waals surface area contributed by atoms with E-state index in [9.17, 15) is 19.2 Å². The van der Waals surface area contributed by atoms with E-state index in [4.69, 9.17) is 30.1 Å². The van der Waals surface area contributed by atoms with Crippen LogP contribution in [0.3, 0.4) is 0 Å². The molecule has 0 bridgehead atoms. The molecular weight excluding hydrogens is 386 g/mol. The summed E-state index contributed by atoms with van der Waals surface area (Å²) >= 11 is 0. The smallest absolute Gasteiger partial charge is 0.331 e. The lowest BCUT2D eigenvalue weighted by Crippen LogP contribution is -2.38. The molecule has 0 aliphatic carbocycles. The Labute approximate surface area is 168 Å². The summed E-state index contributed by atoms with van der Waals surface area (Å²) in [6.07, 6.45) is 5.32. The van der Waals surface area contributed by atoms with Gasteiger partial charge in [-0.2, -0.15) is 0 Å². The van der Waals surface area contributed by atoms with E-state index in [1.54, 1.807) is 6.92 Å². The zero-order valence-corrected chi connectivity index (χ0v) is 16.4. The third-order valence-electron chi connectivity index (χ3n) is 3.19. The number of carbonyl (C=O) groups excluding carboxylic acids is 4. The molecule has 0 spiro atoms. The standard InChI is InChI=1S/C19H23NO9/c1-5-7-20-17(23)11-27-19-15(9-18(24)25-6-2)16(28-13(4)22)8-14(29-19)10-26-12(3)21/h1,8-9,14,19H,6-7,10-11H2,2-4H3,(H,20,23)/b15-9+/t14-,19-/m0/s1. The summed E-state index contributed by atoms with van der Waals surface area (Å²) in [5.41, 5.74) is 0.0301. The van der Waals surface area contributed by atoms with Gasteiger partial charge in [0.2, 0.25) is 5.91 Å². The van der Waals surface area contributed by atoms with Gasteiger partial charge in [0.1, 0.15) is 25.1 Å². The summed E-state index contributed by atoms with van der Waals surface area (Å²) in [6, 6.07) is 0. The van der Waals surface area contributed by atoms with Gasteiger partial charge in [0.25, 0.3) is 0 Å². The SMILES string of the molecule is C#CCNC(=O)CO[C@H]1O[C@H](COC(C)=O)C=C(OC(C)=O)/C1=C\C(=O)OCC. The molecule has 0 unspecified atom stereocenters. The molecule has 1 aliphatic rings. The maximum absolute atomic E-state index is 11.9. The highest BCUT2D eigenvalue weighted by molar-refractivity contribution is 5.84. The van der Waals surface area contributed by atoms with Gasteiger partial charge in [-0.05, 0) is 13.0 Å². The fourth-order valence-corrected chi connectivity index (χ4v) is 2.12. The third kappa shape index (κ3) is 9.05. The topological polar surface area (TPSA) is 126 Å². The van der Waals surface area contributed by atoms with Crippen LogP contribution in [0.4, 0.5) is 0 Å². The minimum Gasteiger partial charge on any atom is -0.463 e. The Bertz CT molecular complexity index is 732. The number of carbonyl (C=O) groups is 4. The number of amides is 1. The number of terminal acetylenes is 1. The summed E-state index contributed by atoms with van der Waals surface area (Å²) in [6.45, 7) is 3.47. The van der Waals surface area contributed by atoms with E-state index < -0.39 is 42.8 Å². The lowest BCUT2D eigenvalue weighted by Gasteiger charge is -2.30. The first-order chi connectivity index (χ1) is 13.8. The average Bonchev–Trinajstić information content (AvgIpc) is 2.64. The Morgan fingerprint density at radius 3 is 2.55 bits per heavy atom. The van der Waals surface area contributed by atoms with Crippen molar-refractivity contribution in [3.8, 4) is 12.3 Å². The van der Waals surface area contributed by atoms with Crippen molar-refractivity contribution in [3.05, 3.63) is 23.5 Å². The first-order valence-electron chi connectivity index (χ1n) is 8.66. The van der Waals surface area contributed by atoms with Gasteiger partial charge in [0.15, 0.2) is 6.29 Å². The van der Waals surface area contributed by atoms with E-state index in [0.717, 1.165) is 6.08 Å². The van der Waals surface area contributed by atoms with Gasteiger partial charge in [-0.25, -0.2) is 4.79 Å². The maximum atomic E-state index is 11.9. The van der Waals surface area contributed by atoms with Gasteiger partial charge in [0.05, 0.1) is 18.7 Å². The molecule has 1 heterocycles. The van der Waals surface area contributed by atoms with Crippen LogP contribution in [0.25, 0.3) is 0 Å². The largest absolute Gasteiger partial charge is 0.463 e. The number of hydrogen-bond donors (Lipinski definition) is 1. The summed E-state index contributed by atoms with van der Waals surface area (Å²) in [4.78, 5) is 46.2. The summed E-state index contributed by atoms with van der Waals surface area (Å²) in [5, 5.41) is 2.41. The van der Waals surface area contributed by atoms with E-state index in [2.05, 4.69) is 11.2 Å². The van der Waals surface area contributed by atoms with Crippen molar-refractivity contribution >= 4 is 23.8 Å². The molecule has 0 radical (unpaired) electrons. The van der Waals surface area contributed by atoms with Crippen LogP contribution in [-0.4, -0.2) is 62.6 Å². The van der Waals surface area contributed by atoms with Gasteiger partial charge in [-0.15, -0.1) is 6.42 Å². The predicted molar refractivity (Wildman–Crippen MR) is 97.7 cm³/mol. The second-order valence-electron chi connectivity index (χ2n) is 5.58. The van der Waals surface area contributed by atoms with Gasteiger partial charge < -0.3 is 29.0 Å². The number of ether oxygens (including phenoxy) is 5. The zero-order chi connectivity index (χ0) is 21.8. The van der Waals surface area contributed by atoms with Crippen molar-refractivity contribution in [2.75, 3.05) is 26.4 Å². The molecule has 158 valence electrons. The maximum Gasteiger partial charge on any atom is 0.331 e. The molecule has 1 amide bonds. The normalized spacial score (nSPS) is 19.5. The van der Waals surface area contributed by atoms with E-state index in [1.165, 1.54) is 19.9 Å². The van der Waals surface area contributed by atoms with Crippen LogP contribution in [0.1, 0.15) is 20.8 Å². The molecular formula is C19H23NO9. The van der Waals surface area contributed by atoms with Crippen molar-refractivity contribution in [1.82, 2.24) is 5.32 Å². The summed E-state index contributed by atoms with van der Waals surface area (Å²) in [7, 11) is 0. The first kappa shape index (κ1) is 23.9. The molecule has 0 saturated carbocycles. The molecule has 1 rings (SSSR count). The lowest BCUT2D eigenvalue weighted by atomic mass is 10.1. The number of nitrogens with one attached hydrogen (secondary N) is 1. The van der Waals surface area contributed by atoms with Crippen LogP contribution in [0.15, 0.2) is 23.5 Å². The molecule has 0 aromatic carbocycles. The Morgan fingerprint density at radius 1 is 1.24 bits per heavy atom. The number of esters is 3. The molecule has 1 aliphatic heterocycles. The molecule has 2 atom stereocenters. The van der Waals surface area contributed by atoms with Crippen molar-refractivity contribution in [2.45, 2.75) is 33.2 Å². The van der Waals surface area contributed by atoms with E-state index >= 15 is 0 Å². The van der Waals surface area contributed by atoms with E-state index in [1.807, 2.05) is 0 Å². The van der Waals surface area contributed by atoms with Crippen molar-refractivity contribution in [1.29, 1.82) is 0 Å². The molecule has 0 fully saturated rings. The van der Waals surface area contributed by atoms with Crippen LogP contribution in [0.5, 0.6) is 0 Å². The minimum absolute atomic E-state index is 0.00686. The molecule has 29 heavy (non-hydrogen) atoms. The van der Waals surface area contributed by atoms with Crippen molar-refractivity contribution in [2.24, 2.45) is 0 Å². The lowest BCUT2D eigenvalue weighted by molar-refractivity contribution is -0.172. The summed E-state index contributed by atoms with van der Waals surface area (Å²) in [5.74, 6) is -0.260. The van der Waals surface area contributed by atoms with Crippen LogP contribution >= 0.6 is 0 Å². The van der Waals surface area contributed by atoms with Gasteiger partial charge in [-0.3, -0.25) is 14.4 Å². The highest BCUT2D eigenvalue weighted by Gasteiger charge is 2.32.